The second-order valence-electron chi connectivity index (χ2n) is 10.1. The van der Waals surface area contributed by atoms with Crippen LogP contribution in [0.1, 0.15) is 44.5 Å². The molecule has 0 saturated carbocycles. The predicted molar refractivity (Wildman–Crippen MR) is 154 cm³/mol. The van der Waals surface area contributed by atoms with E-state index < -0.39 is 10.0 Å². The summed E-state index contributed by atoms with van der Waals surface area (Å²) in [4.78, 5) is 22.7. The lowest BCUT2D eigenvalue weighted by molar-refractivity contribution is 0.0983. The van der Waals surface area contributed by atoms with Crippen LogP contribution in [0.5, 0.6) is 5.75 Å². The molecule has 1 fully saturated rings. The molecule has 2 atom stereocenters. The van der Waals surface area contributed by atoms with E-state index in [1.807, 2.05) is 18.2 Å². The lowest BCUT2D eigenvalue weighted by atomic mass is 9.94. The average molecular weight is 559 g/mol. The first-order chi connectivity index (χ1) is 18.2. The number of likely N-dealkylation sites (N-methyl/N-ethyl adjacent to an activating group) is 1. The number of carbonyl (C=O) groups is 1. The number of hydrogen-bond acceptors (Lipinski definition) is 7. The van der Waals surface area contributed by atoms with Crippen molar-refractivity contribution in [1.29, 1.82) is 0 Å². The van der Waals surface area contributed by atoms with Crippen LogP contribution in [0.4, 0.5) is 5.13 Å². The third-order valence-corrected chi connectivity index (χ3v) is 10.1. The summed E-state index contributed by atoms with van der Waals surface area (Å²) in [6, 6.07) is 12.0. The van der Waals surface area contributed by atoms with Crippen LogP contribution in [-0.2, 0) is 10.0 Å². The molecule has 206 valence electrons. The van der Waals surface area contributed by atoms with Crippen molar-refractivity contribution in [2.24, 2.45) is 11.8 Å². The number of hydrogen-bond donors (Lipinski definition) is 0. The summed E-state index contributed by atoms with van der Waals surface area (Å²) in [5.74, 6) is 1.18. The summed E-state index contributed by atoms with van der Waals surface area (Å²) in [6.45, 7) is 12.4. The maximum Gasteiger partial charge on any atom is 0.260 e. The fraction of sp³-hybridized carbons (Fsp3) is 0.500. The molecular weight excluding hydrogens is 520 g/mol. The Kier molecular flexibility index (Phi) is 9.07. The highest BCUT2D eigenvalue weighted by molar-refractivity contribution is 7.89. The van der Waals surface area contributed by atoms with E-state index in [-0.39, 0.29) is 10.8 Å². The number of nitrogens with zero attached hydrogens (tertiary/aromatic N) is 4. The van der Waals surface area contributed by atoms with Gasteiger partial charge in [0.15, 0.2) is 5.13 Å². The normalized spacial score (nSPS) is 18.7. The predicted octanol–water partition coefficient (Wildman–Crippen LogP) is 4.96. The minimum Gasteiger partial charge on any atom is -0.497 e. The summed E-state index contributed by atoms with van der Waals surface area (Å²) < 4.78 is 34.5. The topological polar surface area (TPSA) is 83.1 Å². The van der Waals surface area contributed by atoms with Gasteiger partial charge in [0.1, 0.15) is 5.75 Å². The number of aromatic nitrogens is 1. The molecule has 1 saturated heterocycles. The molecule has 0 aliphatic carbocycles. The maximum atomic E-state index is 13.8. The van der Waals surface area contributed by atoms with Crippen LogP contribution < -0.4 is 9.64 Å². The van der Waals surface area contributed by atoms with Gasteiger partial charge < -0.3 is 9.64 Å². The second kappa shape index (κ2) is 12.1. The molecule has 1 aliphatic rings. The van der Waals surface area contributed by atoms with Gasteiger partial charge in [0, 0.05) is 31.7 Å². The Labute approximate surface area is 230 Å². The number of piperidine rings is 1. The monoisotopic (exact) mass is 558 g/mol. The number of anilines is 1. The number of rotatable bonds is 10. The third-order valence-electron chi connectivity index (χ3n) is 7.17. The zero-order chi connectivity index (χ0) is 27.4. The Morgan fingerprint density at radius 3 is 2.32 bits per heavy atom. The van der Waals surface area contributed by atoms with E-state index in [9.17, 15) is 13.2 Å². The van der Waals surface area contributed by atoms with E-state index in [2.05, 4.69) is 32.6 Å². The highest BCUT2D eigenvalue weighted by atomic mass is 32.2. The molecule has 0 spiro atoms. The fourth-order valence-corrected chi connectivity index (χ4v) is 7.77. The first-order valence-electron chi connectivity index (χ1n) is 13.2. The Bertz CT molecular complexity index is 1340. The first-order valence-corrected chi connectivity index (χ1v) is 15.5. The van der Waals surface area contributed by atoms with Crippen LogP contribution in [0.2, 0.25) is 0 Å². The van der Waals surface area contributed by atoms with Gasteiger partial charge in [-0.15, -0.1) is 0 Å². The molecule has 2 aromatic carbocycles. The number of methoxy groups -OCH3 is 1. The van der Waals surface area contributed by atoms with Crippen molar-refractivity contribution in [2.45, 2.75) is 39.0 Å². The van der Waals surface area contributed by atoms with Crippen molar-refractivity contribution in [3.63, 3.8) is 0 Å². The molecule has 8 nitrogen and oxygen atoms in total. The van der Waals surface area contributed by atoms with E-state index in [0.717, 1.165) is 35.5 Å². The molecule has 1 aliphatic heterocycles. The van der Waals surface area contributed by atoms with Crippen molar-refractivity contribution in [1.82, 2.24) is 14.2 Å². The van der Waals surface area contributed by atoms with Gasteiger partial charge >= 0.3 is 0 Å². The van der Waals surface area contributed by atoms with Crippen LogP contribution in [-0.4, -0.2) is 74.9 Å². The number of sulfonamides is 1. The van der Waals surface area contributed by atoms with Crippen LogP contribution in [0, 0.1) is 11.8 Å². The van der Waals surface area contributed by atoms with Crippen molar-refractivity contribution < 1.29 is 17.9 Å². The quantitative estimate of drug-likeness (QED) is 0.350. The lowest BCUT2D eigenvalue weighted by Crippen LogP contribution is -2.42. The van der Waals surface area contributed by atoms with Crippen molar-refractivity contribution >= 4 is 42.6 Å². The zero-order valence-corrected chi connectivity index (χ0v) is 24.5. The van der Waals surface area contributed by atoms with Gasteiger partial charge in [0.2, 0.25) is 10.0 Å². The van der Waals surface area contributed by atoms with Gasteiger partial charge in [0.25, 0.3) is 5.91 Å². The molecule has 0 N–H and O–H groups in total. The van der Waals surface area contributed by atoms with E-state index >= 15 is 0 Å². The molecule has 0 unspecified atom stereocenters. The molecule has 10 heteroatoms. The molecule has 3 aromatic rings. The molecule has 0 radical (unpaired) electrons. The van der Waals surface area contributed by atoms with Gasteiger partial charge in [-0.1, -0.05) is 39.0 Å². The minimum atomic E-state index is -3.62. The minimum absolute atomic E-state index is 0.202. The van der Waals surface area contributed by atoms with Crippen LogP contribution in [0.25, 0.3) is 10.2 Å². The number of fused-ring (bicyclic) bond motifs is 1. The van der Waals surface area contributed by atoms with Crippen molar-refractivity contribution in [2.75, 3.05) is 51.3 Å². The van der Waals surface area contributed by atoms with Gasteiger partial charge in [-0.05, 0) is 73.8 Å². The summed E-state index contributed by atoms with van der Waals surface area (Å²) >= 11 is 1.44. The van der Waals surface area contributed by atoms with Crippen LogP contribution >= 0.6 is 11.3 Å². The Hall–Kier alpha value is -2.53. The van der Waals surface area contributed by atoms with Gasteiger partial charge in [-0.25, -0.2) is 13.4 Å². The lowest BCUT2D eigenvalue weighted by Gasteiger charge is -2.34. The molecule has 1 amide bonds. The number of carbonyl (C=O) groups excluding carboxylic acids is 1. The number of amides is 1. The molecule has 38 heavy (non-hydrogen) atoms. The van der Waals surface area contributed by atoms with Gasteiger partial charge in [0.05, 0.1) is 22.2 Å². The van der Waals surface area contributed by atoms with E-state index in [1.54, 1.807) is 40.6 Å². The first kappa shape index (κ1) is 28.5. The van der Waals surface area contributed by atoms with Crippen LogP contribution in [0.3, 0.4) is 0 Å². The Morgan fingerprint density at radius 1 is 1.05 bits per heavy atom. The summed E-state index contributed by atoms with van der Waals surface area (Å²) in [5.41, 5.74) is 1.23. The van der Waals surface area contributed by atoms with Crippen molar-refractivity contribution in [3.8, 4) is 5.75 Å². The van der Waals surface area contributed by atoms with E-state index in [0.29, 0.717) is 48.7 Å². The third kappa shape index (κ3) is 6.20. The zero-order valence-electron chi connectivity index (χ0n) is 22.9. The highest BCUT2D eigenvalue weighted by Gasteiger charge is 2.32. The average Bonchev–Trinajstić information content (AvgIpc) is 3.33. The largest absolute Gasteiger partial charge is 0.497 e. The van der Waals surface area contributed by atoms with Crippen LogP contribution in [0.15, 0.2) is 47.4 Å². The van der Waals surface area contributed by atoms with Gasteiger partial charge in [-0.3, -0.25) is 9.69 Å². The van der Waals surface area contributed by atoms with Crippen molar-refractivity contribution in [3.05, 3.63) is 48.0 Å². The molecule has 0 bridgehead atoms. The SMILES string of the molecule is CCN(CC)CCN(C(=O)c1ccc(S(=O)(=O)N2C[C@H](C)C[C@H](C)C2)cc1)c1nc2ccc(OC)cc2s1. The van der Waals surface area contributed by atoms with E-state index in [4.69, 9.17) is 9.72 Å². The fourth-order valence-electron chi connectivity index (χ4n) is 5.08. The highest BCUT2D eigenvalue weighted by Crippen LogP contribution is 2.32. The summed E-state index contributed by atoms with van der Waals surface area (Å²) in [5, 5.41) is 0.610. The Balaban J connectivity index is 1.61. The van der Waals surface area contributed by atoms with E-state index in [1.165, 1.54) is 11.3 Å². The number of benzene rings is 2. The smallest absolute Gasteiger partial charge is 0.260 e. The molecule has 1 aromatic heterocycles. The standard InChI is InChI=1S/C28H38N4O4S2/c1-6-30(7-2)14-15-32(28-29-25-13-10-23(36-5)17-26(25)37-28)27(33)22-8-11-24(12-9-22)38(34,35)31-18-20(3)16-21(4)19-31/h8-13,17,20-21H,6-7,14-16,18-19H2,1-5H3/t20-,21+. The Morgan fingerprint density at radius 2 is 1.71 bits per heavy atom. The molecule has 4 rings (SSSR count). The number of ether oxygens (including phenoxy) is 1. The molecule has 2 heterocycles. The number of thiazole rings is 1. The van der Waals surface area contributed by atoms with Gasteiger partial charge in [-0.2, -0.15) is 4.31 Å². The summed E-state index contributed by atoms with van der Waals surface area (Å²) in [7, 11) is -1.99. The maximum absolute atomic E-state index is 13.8. The second-order valence-corrected chi connectivity index (χ2v) is 13.1. The molecular formula is C28H38N4O4S2. The summed E-state index contributed by atoms with van der Waals surface area (Å²) in [6.07, 6.45) is 1.03.